The molecule has 0 rings (SSSR count). The van der Waals surface area contributed by atoms with Crippen LogP contribution in [0.1, 0.15) is 26.2 Å². The van der Waals surface area contributed by atoms with E-state index in [2.05, 4.69) is 5.32 Å². The van der Waals surface area contributed by atoms with E-state index in [0.29, 0.717) is 19.5 Å². The zero-order chi connectivity index (χ0) is 10.3. The summed E-state index contributed by atoms with van der Waals surface area (Å²) in [6.45, 7) is 2.59. The largest absolute Gasteiger partial charge is 0.392 e. The van der Waals surface area contributed by atoms with Gasteiger partial charge in [0.2, 0.25) is 0 Å². The first kappa shape index (κ1) is 12.7. The van der Waals surface area contributed by atoms with Gasteiger partial charge in [-0.1, -0.05) is 0 Å². The number of nitrogens with one attached hydrogen (secondary N) is 1. The molecule has 5 heteroatoms. The lowest BCUT2D eigenvalue weighted by atomic mass is 10.2. The molecule has 0 heterocycles. The monoisotopic (exact) mass is 199 g/mol. The van der Waals surface area contributed by atoms with Gasteiger partial charge in [0, 0.05) is 13.0 Å². The standard InChI is InChI=1S/C8H16F3NO/c1-7(13)6-12-5-3-2-4-8(9,10)11/h7,12-13H,2-6H2,1H3. The van der Waals surface area contributed by atoms with Crippen molar-refractivity contribution in [2.24, 2.45) is 0 Å². The van der Waals surface area contributed by atoms with Gasteiger partial charge in [0.05, 0.1) is 6.10 Å². The molecule has 0 aromatic rings. The topological polar surface area (TPSA) is 32.3 Å². The first-order valence-electron chi connectivity index (χ1n) is 4.37. The molecule has 1 atom stereocenters. The number of hydrogen-bond acceptors (Lipinski definition) is 2. The maximum absolute atomic E-state index is 11.6. The highest BCUT2D eigenvalue weighted by Gasteiger charge is 2.25. The van der Waals surface area contributed by atoms with Crippen molar-refractivity contribution < 1.29 is 18.3 Å². The average molecular weight is 199 g/mol. The van der Waals surface area contributed by atoms with Gasteiger partial charge in [-0.25, -0.2) is 0 Å². The molecule has 0 saturated carbocycles. The van der Waals surface area contributed by atoms with Crippen molar-refractivity contribution in [3.63, 3.8) is 0 Å². The predicted molar refractivity (Wildman–Crippen MR) is 44.5 cm³/mol. The molecular formula is C8H16F3NO. The Morgan fingerprint density at radius 2 is 1.92 bits per heavy atom. The first-order valence-corrected chi connectivity index (χ1v) is 4.37. The first-order chi connectivity index (χ1) is 5.92. The number of aliphatic hydroxyl groups is 1. The van der Waals surface area contributed by atoms with Crippen LogP contribution in [0.4, 0.5) is 13.2 Å². The maximum Gasteiger partial charge on any atom is 0.389 e. The Balaban J connectivity index is 3.09. The van der Waals surface area contributed by atoms with Gasteiger partial charge < -0.3 is 10.4 Å². The molecule has 2 N–H and O–H groups in total. The van der Waals surface area contributed by atoms with Gasteiger partial charge in [0.25, 0.3) is 0 Å². The SMILES string of the molecule is CC(O)CNCCCCC(F)(F)F. The number of hydrogen-bond donors (Lipinski definition) is 2. The number of unbranched alkanes of at least 4 members (excludes halogenated alkanes) is 1. The van der Waals surface area contributed by atoms with Crippen LogP contribution in [0, 0.1) is 0 Å². The van der Waals surface area contributed by atoms with Crippen molar-refractivity contribution in [3.8, 4) is 0 Å². The van der Waals surface area contributed by atoms with Crippen molar-refractivity contribution in [2.45, 2.75) is 38.5 Å². The van der Waals surface area contributed by atoms with E-state index in [1.54, 1.807) is 6.92 Å². The van der Waals surface area contributed by atoms with Crippen molar-refractivity contribution in [1.29, 1.82) is 0 Å². The summed E-state index contributed by atoms with van der Waals surface area (Å²) < 4.78 is 34.9. The lowest BCUT2D eigenvalue weighted by molar-refractivity contribution is -0.135. The van der Waals surface area contributed by atoms with Gasteiger partial charge in [0.15, 0.2) is 0 Å². The molecule has 0 spiro atoms. The van der Waals surface area contributed by atoms with Crippen LogP contribution >= 0.6 is 0 Å². The molecule has 0 bridgehead atoms. The van der Waals surface area contributed by atoms with E-state index < -0.39 is 18.7 Å². The molecule has 0 aromatic carbocycles. The fourth-order valence-corrected chi connectivity index (χ4v) is 0.886. The lowest BCUT2D eigenvalue weighted by Gasteiger charge is -2.07. The Bertz CT molecular complexity index is 125. The number of rotatable bonds is 6. The van der Waals surface area contributed by atoms with Crippen LogP contribution in [0.25, 0.3) is 0 Å². The Morgan fingerprint density at radius 3 is 2.38 bits per heavy atom. The number of halogens is 3. The molecular weight excluding hydrogens is 183 g/mol. The van der Waals surface area contributed by atoms with Crippen LogP contribution < -0.4 is 5.32 Å². The molecule has 0 aromatic heterocycles. The third-order valence-corrected chi connectivity index (χ3v) is 1.50. The molecule has 0 aliphatic rings. The van der Waals surface area contributed by atoms with Crippen LogP contribution in [0.15, 0.2) is 0 Å². The van der Waals surface area contributed by atoms with Crippen molar-refractivity contribution in [3.05, 3.63) is 0 Å². The molecule has 0 aliphatic carbocycles. The minimum Gasteiger partial charge on any atom is -0.392 e. The second kappa shape index (κ2) is 6.21. The smallest absolute Gasteiger partial charge is 0.389 e. The van der Waals surface area contributed by atoms with E-state index >= 15 is 0 Å². The van der Waals surface area contributed by atoms with Gasteiger partial charge in [-0.15, -0.1) is 0 Å². The highest BCUT2D eigenvalue weighted by Crippen LogP contribution is 2.21. The third kappa shape index (κ3) is 11.7. The minimum atomic E-state index is -4.04. The summed E-state index contributed by atoms with van der Waals surface area (Å²) in [5, 5.41) is 11.6. The second-order valence-corrected chi connectivity index (χ2v) is 3.13. The molecule has 0 amide bonds. The van der Waals surface area contributed by atoms with Crippen molar-refractivity contribution >= 4 is 0 Å². The maximum atomic E-state index is 11.6. The Labute approximate surface area is 76.1 Å². The predicted octanol–water partition coefficient (Wildman–Crippen LogP) is 1.69. The van der Waals surface area contributed by atoms with Crippen LogP contribution in [-0.4, -0.2) is 30.5 Å². The zero-order valence-electron chi connectivity index (χ0n) is 7.69. The van der Waals surface area contributed by atoms with E-state index in [1.165, 1.54) is 0 Å². The van der Waals surface area contributed by atoms with Gasteiger partial charge in [-0.05, 0) is 26.3 Å². The average Bonchev–Trinajstić information content (AvgIpc) is 1.93. The Kier molecular flexibility index (Phi) is 6.07. The summed E-state index contributed by atoms with van der Waals surface area (Å²) in [7, 11) is 0. The summed E-state index contributed by atoms with van der Waals surface area (Å²) in [5.74, 6) is 0. The fourth-order valence-electron chi connectivity index (χ4n) is 0.886. The minimum absolute atomic E-state index is 0.149. The molecule has 0 radical (unpaired) electrons. The Morgan fingerprint density at radius 1 is 1.31 bits per heavy atom. The van der Waals surface area contributed by atoms with Gasteiger partial charge in [-0.3, -0.25) is 0 Å². The summed E-state index contributed by atoms with van der Waals surface area (Å²) in [6, 6.07) is 0. The molecule has 2 nitrogen and oxygen atoms in total. The van der Waals surface area contributed by atoms with Crippen LogP contribution in [0.2, 0.25) is 0 Å². The summed E-state index contributed by atoms with van der Waals surface area (Å²) >= 11 is 0. The van der Waals surface area contributed by atoms with Gasteiger partial charge >= 0.3 is 6.18 Å². The molecule has 0 saturated heterocycles. The van der Waals surface area contributed by atoms with Crippen LogP contribution in [0.3, 0.4) is 0 Å². The Hall–Kier alpha value is -0.290. The third-order valence-electron chi connectivity index (χ3n) is 1.50. The van der Waals surface area contributed by atoms with Gasteiger partial charge in [0.1, 0.15) is 0 Å². The van der Waals surface area contributed by atoms with Crippen molar-refractivity contribution in [1.82, 2.24) is 5.32 Å². The quantitative estimate of drug-likeness (QED) is 0.638. The van der Waals surface area contributed by atoms with Crippen LogP contribution in [0.5, 0.6) is 0 Å². The molecule has 0 fully saturated rings. The number of alkyl halides is 3. The van der Waals surface area contributed by atoms with Crippen LogP contribution in [-0.2, 0) is 0 Å². The fraction of sp³-hybridized carbons (Fsp3) is 1.00. The molecule has 1 unspecified atom stereocenters. The normalized spacial score (nSPS) is 14.5. The zero-order valence-corrected chi connectivity index (χ0v) is 7.69. The summed E-state index contributed by atoms with van der Waals surface area (Å²) in [4.78, 5) is 0. The van der Waals surface area contributed by atoms with E-state index in [4.69, 9.17) is 5.11 Å². The van der Waals surface area contributed by atoms with Gasteiger partial charge in [-0.2, -0.15) is 13.2 Å². The molecule has 80 valence electrons. The second-order valence-electron chi connectivity index (χ2n) is 3.13. The van der Waals surface area contributed by atoms with Crippen molar-refractivity contribution in [2.75, 3.05) is 13.1 Å². The lowest BCUT2D eigenvalue weighted by Crippen LogP contribution is -2.25. The molecule has 13 heavy (non-hydrogen) atoms. The van der Waals surface area contributed by atoms with E-state index in [-0.39, 0.29) is 6.42 Å². The van der Waals surface area contributed by atoms with E-state index in [9.17, 15) is 13.2 Å². The summed E-state index contributed by atoms with van der Waals surface area (Å²) in [5.41, 5.74) is 0. The van der Waals surface area contributed by atoms with E-state index in [1.807, 2.05) is 0 Å². The highest BCUT2D eigenvalue weighted by molar-refractivity contribution is 4.55. The molecule has 0 aliphatic heterocycles. The summed E-state index contributed by atoms with van der Waals surface area (Å²) in [6.07, 6.45) is -4.56. The van der Waals surface area contributed by atoms with E-state index in [0.717, 1.165) is 0 Å². The number of aliphatic hydroxyl groups excluding tert-OH is 1. The highest BCUT2D eigenvalue weighted by atomic mass is 19.4.